The molecule has 1 aromatic carbocycles. The number of carboxylic acid groups (broad SMARTS) is 1. The summed E-state index contributed by atoms with van der Waals surface area (Å²) in [5.41, 5.74) is 0.861. The smallest absolute Gasteiger partial charge is 0.341 e. The van der Waals surface area contributed by atoms with Crippen LogP contribution in [0.1, 0.15) is 0 Å². The number of hydrogen-bond donors (Lipinski definition) is 2. The number of aromatic nitrogens is 1. The van der Waals surface area contributed by atoms with Crippen molar-refractivity contribution in [2.75, 3.05) is 6.61 Å². The zero-order chi connectivity index (χ0) is 10.8. The predicted octanol–water partition coefficient (Wildman–Crippen LogP) is 2.28. The van der Waals surface area contributed by atoms with Crippen LogP contribution < -0.4 is 4.74 Å². The lowest BCUT2D eigenvalue weighted by atomic mass is 10.2. The highest BCUT2D eigenvalue weighted by atomic mass is 35.5. The van der Waals surface area contributed by atoms with E-state index >= 15 is 0 Å². The summed E-state index contributed by atoms with van der Waals surface area (Å²) in [7, 11) is 0. The van der Waals surface area contributed by atoms with Crippen molar-refractivity contribution in [3.8, 4) is 5.88 Å². The van der Waals surface area contributed by atoms with E-state index in [0.29, 0.717) is 10.9 Å². The van der Waals surface area contributed by atoms with Gasteiger partial charge >= 0.3 is 5.97 Å². The van der Waals surface area contributed by atoms with Crippen LogP contribution in [-0.4, -0.2) is 22.7 Å². The number of benzene rings is 1. The van der Waals surface area contributed by atoms with Crippen molar-refractivity contribution in [3.05, 3.63) is 29.3 Å². The summed E-state index contributed by atoms with van der Waals surface area (Å²) in [5.74, 6) is -0.582. The number of nitrogens with one attached hydrogen (secondary N) is 1. The van der Waals surface area contributed by atoms with Gasteiger partial charge in [-0.25, -0.2) is 4.79 Å². The van der Waals surface area contributed by atoms with Gasteiger partial charge in [0.2, 0.25) is 0 Å². The molecule has 2 rings (SSSR count). The van der Waals surface area contributed by atoms with Crippen molar-refractivity contribution in [1.29, 1.82) is 0 Å². The predicted molar refractivity (Wildman–Crippen MR) is 56.4 cm³/mol. The van der Waals surface area contributed by atoms with E-state index in [2.05, 4.69) is 4.98 Å². The molecule has 0 radical (unpaired) electrons. The zero-order valence-corrected chi connectivity index (χ0v) is 8.41. The topological polar surface area (TPSA) is 62.3 Å². The first-order valence-electron chi connectivity index (χ1n) is 4.28. The number of carboxylic acids is 1. The minimum Gasteiger partial charge on any atom is -0.479 e. The van der Waals surface area contributed by atoms with Gasteiger partial charge in [0.25, 0.3) is 0 Å². The summed E-state index contributed by atoms with van der Waals surface area (Å²) in [5, 5.41) is 9.96. The molecule has 4 nitrogen and oxygen atoms in total. The van der Waals surface area contributed by atoms with Crippen LogP contribution in [0.3, 0.4) is 0 Å². The maximum absolute atomic E-state index is 10.3. The Morgan fingerprint density at radius 2 is 2.27 bits per heavy atom. The summed E-state index contributed by atoms with van der Waals surface area (Å²) in [6, 6.07) is 7.05. The van der Waals surface area contributed by atoms with Crippen molar-refractivity contribution in [2.24, 2.45) is 0 Å². The van der Waals surface area contributed by atoms with Gasteiger partial charge in [-0.1, -0.05) is 11.6 Å². The maximum atomic E-state index is 10.3. The molecule has 0 aliphatic rings. The Bertz CT molecular complexity index is 506. The van der Waals surface area contributed by atoms with Crippen molar-refractivity contribution in [2.45, 2.75) is 0 Å². The third-order valence-electron chi connectivity index (χ3n) is 1.91. The lowest BCUT2D eigenvalue weighted by Crippen LogP contribution is -2.09. The van der Waals surface area contributed by atoms with Crippen LogP contribution in [0, 0.1) is 0 Å². The molecular weight excluding hydrogens is 218 g/mol. The molecule has 0 fully saturated rings. The second-order valence-electron chi connectivity index (χ2n) is 3.05. The molecule has 0 atom stereocenters. The molecule has 0 unspecified atom stereocenters. The van der Waals surface area contributed by atoms with Gasteiger partial charge in [0.1, 0.15) is 0 Å². The molecule has 15 heavy (non-hydrogen) atoms. The second-order valence-corrected chi connectivity index (χ2v) is 3.48. The van der Waals surface area contributed by atoms with Crippen LogP contribution in [0.2, 0.25) is 5.02 Å². The number of aromatic amines is 1. The second kappa shape index (κ2) is 3.82. The molecule has 2 N–H and O–H groups in total. The lowest BCUT2D eigenvalue weighted by Gasteiger charge is -1.96. The van der Waals surface area contributed by atoms with E-state index in [1.165, 1.54) is 0 Å². The summed E-state index contributed by atoms with van der Waals surface area (Å²) in [4.78, 5) is 13.2. The van der Waals surface area contributed by atoms with Crippen LogP contribution in [0.4, 0.5) is 0 Å². The molecule has 2 aromatic rings. The van der Waals surface area contributed by atoms with E-state index in [-0.39, 0.29) is 6.61 Å². The van der Waals surface area contributed by atoms with E-state index in [9.17, 15) is 4.79 Å². The quantitative estimate of drug-likeness (QED) is 0.843. The fourth-order valence-corrected chi connectivity index (χ4v) is 1.47. The molecule has 1 heterocycles. The van der Waals surface area contributed by atoms with Crippen LogP contribution in [0.5, 0.6) is 5.88 Å². The molecule has 0 spiro atoms. The van der Waals surface area contributed by atoms with Gasteiger partial charge < -0.3 is 14.8 Å². The SMILES string of the molecule is O=C(O)COc1cc2cc(Cl)ccc2[nH]1. The first-order chi connectivity index (χ1) is 7.15. The normalized spacial score (nSPS) is 10.5. The Morgan fingerprint density at radius 1 is 1.47 bits per heavy atom. The largest absolute Gasteiger partial charge is 0.479 e. The first-order valence-corrected chi connectivity index (χ1v) is 4.66. The summed E-state index contributed by atoms with van der Waals surface area (Å²) >= 11 is 5.81. The number of ether oxygens (including phenoxy) is 1. The molecule has 0 amide bonds. The molecular formula is C10H8ClNO3. The van der Waals surface area contributed by atoms with Crippen molar-refractivity contribution < 1.29 is 14.6 Å². The molecule has 0 saturated carbocycles. The van der Waals surface area contributed by atoms with Gasteiger partial charge in [-0.15, -0.1) is 0 Å². The van der Waals surface area contributed by atoms with Crippen molar-refractivity contribution >= 4 is 28.5 Å². The first kappa shape index (κ1) is 9.86. The van der Waals surface area contributed by atoms with Crippen molar-refractivity contribution in [3.63, 3.8) is 0 Å². The van der Waals surface area contributed by atoms with Gasteiger partial charge in [0.15, 0.2) is 12.5 Å². The van der Waals surface area contributed by atoms with E-state index in [1.54, 1.807) is 18.2 Å². The van der Waals surface area contributed by atoms with Gasteiger partial charge in [-0.05, 0) is 18.2 Å². The summed E-state index contributed by atoms with van der Waals surface area (Å²) in [6.45, 7) is -0.361. The van der Waals surface area contributed by atoms with Gasteiger partial charge in [-0.3, -0.25) is 0 Å². The Labute approximate surface area is 90.4 Å². The Morgan fingerprint density at radius 3 is 3.00 bits per heavy atom. The van der Waals surface area contributed by atoms with E-state index in [1.807, 2.05) is 6.07 Å². The molecule has 0 aliphatic carbocycles. The van der Waals surface area contributed by atoms with E-state index < -0.39 is 5.97 Å². The lowest BCUT2D eigenvalue weighted by molar-refractivity contribution is -0.139. The molecule has 5 heteroatoms. The minimum absolute atomic E-state index is 0.361. The number of hydrogen-bond acceptors (Lipinski definition) is 2. The van der Waals surface area contributed by atoms with Gasteiger partial charge in [-0.2, -0.15) is 0 Å². The van der Waals surface area contributed by atoms with Crippen LogP contribution >= 0.6 is 11.6 Å². The zero-order valence-electron chi connectivity index (χ0n) is 7.66. The van der Waals surface area contributed by atoms with E-state index in [0.717, 1.165) is 10.9 Å². The third kappa shape index (κ3) is 2.22. The Kier molecular flexibility index (Phi) is 2.51. The number of halogens is 1. The number of aliphatic carboxylic acids is 1. The summed E-state index contributed by atoms with van der Waals surface area (Å²) in [6.07, 6.45) is 0. The number of H-pyrrole nitrogens is 1. The fraction of sp³-hybridized carbons (Fsp3) is 0.100. The van der Waals surface area contributed by atoms with Crippen LogP contribution in [0.25, 0.3) is 10.9 Å². The van der Waals surface area contributed by atoms with E-state index in [4.69, 9.17) is 21.4 Å². The molecule has 1 aromatic heterocycles. The Balaban J connectivity index is 2.27. The highest BCUT2D eigenvalue weighted by Crippen LogP contribution is 2.23. The minimum atomic E-state index is -1.01. The molecule has 0 saturated heterocycles. The highest BCUT2D eigenvalue weighted by Gasteiger charge is 2.04. The maximum Gasteiger partial charge on any atom is 0.341 e. The average molecular weight is 226 g/mol. The van der Waals surface area contributed by atoms with Gasteiger partial charge in [0, 0.05) is 22.0 Å². The van der Waals surface area contributed by atoms with Gasteiger partial charge in [0.05, 0.1) is 0 Å². The standard InChI is InChI=1S/C10H8ClNO3/c11-7-1-2-8-6(3-7)4-9(12-8)15-5-10(13)14/h1-4,12H,5H2,(H,13,14). The highest BCUT2D eigenvalue weighted by molar-refractivity contribution is 6.31. The summed E-state index contributed by atoms with van der Waals surface area (Å²) < 4.78 is 4.99. The molecule has 0 aliphatic heterocycles. The van der Waals surface area contributed by atoms with Crippen molar-refractivity contribution in [1.82, 2.24) is 4.98 Å². The van der Waals surface area contributed by atoms with Crippen LogP contribution in [-0.2, 0) is 4.79 Å². The molecule has 0 bridgehead atoms. The van der Waals surface area contributed by atoms with Crippen LogP contribution in [0.15, 0.2) is 24.3 Å². The average Bonchev–Trinajstić information content (AvgIpc) is 2.56. The molecule has 78 valence electrons. The number of fused-ring (bicyclic) bond motifs is 1. The monoisotopic (exact) mass is 225 g/mol. The number of rotatable bonds is 3. The Hall–Kier alpha value is -1.68. The fourth-order valence-electron chi connectivity index (χ4n) is 1.29. The number of carbonyl (C=O) groups is 1. The third-order valence-corrected chi connectivity index (χ3v) is 2.14.